The van der Waals surface area contributed by atoms with Crippen molar-refractivity contribution in [2.45, 2.75) is 48.0 Å². The minimum Gasteiger partial charge on any atom is -0.504 e. The van der Waals surface area contributed by atoms with Crippen LogP contribution < -0.4 is 9.44 Å². The number of benzene rings is 2. The highest BCUT2D eigenvalue weighted by molar-refractivity contribution is 7.92. The predicted molar refractivity (Wildman–Crippen MR) is 157 cm³/mol. The molecule has 0 spiro atoms. The first-order chi connectivity index (χ1) is 20.5. The van der Waals surface area contributed by atoms with Gasteiger partial charge in [0.05, 0.1) is 10.5 Å². The van der Waals surface area contributed by atoms with Crippen molar-refractivity contribution in [2.24, 2.45) is 11.8 Å². The Labute approximate surface area is 250 Å². The zero-order chi connectivity index (χ0) is 30.8. The van der Waals surface area contributed by atoms with Crippen LogP contribution in [0.3, 0.4) is 0 Å². The molecule has 3 aromatic rings. The Morgan fingerprint density at radius 1 is 0.953 bits per heavy atom. The summed E-state index contributed by atoms with van der Waals surface area (Å²) in [4.78, 5) is 30.7. The van der Waals surface area contributed by atoms with E-state index in [1.54, 1.807) is 49.4 Å². The molecule has 0 saturated heterocycles. The summed E-state index contributed by atoms with van der Waals surface area (Å²) in [6.07, 6.45) is 3.05. The molecule has 1 aliphatic heterocycles. The Morgan fingerprint density at radius 3 is 2.33 bits per heavy atom. The molecule has 0 radical (unpaired) electrons. The molecule has 5 rings (SSSR count). The van der Waals surface area contributed by atoms with Crippen molar-refractivity contribution in [3.05, 3.63) is 96.0 Å². The summed E-state index contributed by atoms with van der Waals surface area (Å²) in [6, 6.07) is 17.1. The Kier molecular flexibility index (Phi) is 8.67. The molecule has 2 aromatic carbocycles. The van der Waals surface area contributed by atoms with Crippen LogP contribution in [0.1, 0.15) is 37.7 Å². The molecule has 43 heavy (non-hydrogen) atoms. The molecule has 1 aromatic heterocycles. The molecule has 11 nitrogen and oxygen atoms in total. The molecular formula is C30H31N3O8S2. The summed E-state index contributed by atoms with van der Waals surface area (Å²) >= 11 is 0. The highest BCUT2D eigenvalue weighted by Gasteiger charge is 2.47. The molecule has 0 bridgehead atoms. The number of aromatic nitrogens is 1. The van der Waals surface area contributed by atoms with Crippen molar-refractivity contribution in [3.8, 4) is 0 Å². The van der Waals surface area contributed by atoms with E-state index in [1.165, 1.54) is 36.7 Å². The van der Waals surface area contributed by atoms with Gasteiger partial charge in [-0.1, -0.05) is 37.3 Å². The molecule has 13 heteroatoms. The van der Waals surface area contributed by atoms with Crippen LogP contribution in [0.25, 0.3) is 0 Å². The van der Waals surface area contributed by atoms with E-state index in [-0.39, 0.29) is 39.9 Å². The number of aliphatic hydroxyl groups excluding tert-OH is 1. The number of nitrogens with one attached hydrogen (secondary N) is 2. The summed E-state index contributed by atoms with van der Waals surface area (Å²) in [7, 11) is -7.81. The lowest BCUT2D eigenvalue weighted by Crippen LogP contribution is -2.45. The van der Waals surface area contributed by atoms with Gasteiger partial charge in [-0.3, -0.25) is 14.5 Å². The summed E-state index contributed by atoms with van der Waals surface area (Å²) in [5.41, 5.74) is 0.578. The van der Waals surface area contributed by atoms with E-state index in [0.717, 1.165) is 12.8 Å². The number of nitrogens with zero attached hydrogens (tertiary/aromatic N) is 1. The summed E-state index contributed by atoms with van der Waals surface area (Å²) in [5, 5.41) is 11.1. The number of aliphatic hydroxyl groups is 1. The quantitative estimate of drug-likeness (QED) is 0.254. The van der Waals surface area contributed by atoms with Gasteiger partial charge < -0.3 is 9.84 Å². The number of anilines is 1. The van der Waals surface area contributed by atoms with Gasteiger partial charge in [-0.15, -0.1) is 0 Å². The van der Waals surface area contributed by atoms with Gasteiger partial charge in [0, 0.05) is 36.5 Å². The van der Waals surface area contributed by atoms with Crippen LogP contribution >= 0.6 is 0 Å². The minimum absolute atomic E-state index is 0.0245. The molecule has 0 amide bonds. The SMILES string of the molecule is CCC(CNS(=O)(=O)c1ccccc1)C1OC(=O)C(C(c2cccc(NS(=O)(=O)c3cccnc3)c2)C2CC2)=C(O)C1=O. The number of hydrogen-bond acceptors (Lipinski definition) is 9. The van der Waals surface area contributed by atoms with Gasteiger partial charge in [0.2, 0.25) is 15.8 Å². The summed E-state index contributed by atoms with van der Waals surface area (Å²) in [5.74, 6) is -3.91. The normalized spacial score (nSPS) is 19.0. The van der Waals surface area contributed by atoms with E-state index in [4.69, 9.17) is 4.74 Å². The number of rotatable bonds is 12. The van der Waals surface area contributed by atoms with E-state index >= 15 is 0 Å². The van der Waals surface area contributed by atoms with Crippen LogP contribution in [0.5, 0.6) is 0 Å². The molecule has 3 unspecified atom stereocenters. The molecule has 2 aliphatic rings. The highest BCUT2D eigenvalue weighted by atomic mass is 32.2. The van der Waals surface area contributed by atoms with Crippen molar-refractivity contribution < 1.29 is 36.3 Å². The fraction of sp³-hybridized carbons (Fsp3) is 0.300. The Hall–Kier alpha value is -4.07. The average Bonchev–Trinajstić information content (AvgIpc) is 3.84. The molecule has 3 atom stereocenters. The fourth-order valence-electron chi connectivity index (χ4n) is 5.17. The van der Waals surface area contributed by atoms with Gasteiger partial charge in [-0.05, 0) is 67.1 Å². The first kappa shape index (κ1) is 30.4. The Balaban J connectivity index is 1.39. The second kappa shape index (κ2) is 12.3. The summed E-state index contributed by atoms with van der Waals surface area (Å²) in [6.45, 7) is 1.54. The van der Waals surface area contributed by atoms with Gasteiger partial charge in [0.1, 0.15) is 4.90 Å². The lowest BCUT2D eigenvalue weighted by atomic mass is 9.82. The van der Waals surface area contributed by atoms with Crippen LogP contribution in [0.2, 0.25) is 0 Å². The number of pyridine rings is 1. The fourth-order valence-corrected chi connectivity index (χ4v) is 7.29. The maximum Gasteiger partial charge on any atom is 0.339 e. The molecule has 1 aliphatic carbocycles. The molecular weight excluding hydrogens is 594 g/mol. The maximum absolute atomic E-state index is 13.4. The van der Waals surface area contributed by atoms with Crippen molar-refractivity contribution in [3.63, 3.8) is 0 Å². The van der Waals surface area contributed by atoms with Gasteiger partial charge >= 0.3 is 5.97 Å². The van der Waals surface area contributed by atoms with Crippen molar-refractivity contribution >= 4 is 37.5 Å². The Morgan fingerprint density at radius 2 is 1.67 bits per heavy atom. The van der Waals surface area contributed by atoms with E-state index in [2.05, 4.69) is 14.4 Å². The number of Topliss-reactive ketones (excluding diaryl/α,β-unsaturated/α-hetero) is 1. The van der Waals surface area contributed by atoms with Crippen molar-refractivity contribution in [2.75, 3.05) is 11.3 Å². The maximum atomic E-state index is 13.4. The van der Waals surface area contributed by atoms with Crippen LogP contribution in [0, 0.1) is 11.8 Å². The number of cyclic esters (lactones) is 1. The first-order valence-electron chi connectivity index (χ1n) is 13.8. The highest BCUT2D eigenvalue weighted by Crippen LogP contribution is 2.49. The number of esters is 1. The third-order valence-corrected chi connectivity index (χ3v) is 10.4. The predicted octanol–water partition coefficient (Wildman–Crippen LogP) is 3.69. The third kappa shape index (κ3) is 6.63. The number of sulfonamides is 2. The van der Waals surface area contributed by atoms with E-state index in [1.807, 2.05) is 0 Å². The zero-order valence-corrected chi connectivity index (χ0v) is 24.8. The van der Waals surface area contributed by atoms with E-state index in [0.29, 0.717) is 5.56 Å². The zero-order valence-electron chi connectivity index (χ0n) is 23.2. The number of carbonyl (C=O) groups excluding carboxylic acids is 2. The molecule has 2 heterocycles. The van der Waals surface area contributed by atoms with Crippen LogP contribution in [-0.4, -0.2) is 51.3 Å². The lowest BCUT2D eigenvalue weighted by molar-refractivity contribution is -0.158. The number of ketones is 1. The average molecular weight is 626 g/mol. The van der Waals surface area contributed by atoms with Gasteiger partial charge in [-0.2, -0.15) is 0 Å². The number of hydrogen-bond donors (Lipinski definition) is 3. The topological polar surface area (TPSA) is 169 Å². The second-order valence-electron chi connectivity index (χ2n) is 10.5. The molecule has 226 valence electrons. The smallest absolute Gasteiger partial charge is 0.339 e. The lowest BCUT2D eigenvalue weighted by Gasteiger charge is -2.31. The number of carbonyl (C=O) groups is 2. The number of ether oxygens (including phenoxy) is 1. The van der Waals surface area contributed by atoms with Gasteiger partial charge in [0.25, 0.3) is 10.0 Å². The van der Waals surface area contributed by atoms with Crippen LogP contribution in [-0.2, 0) is 34.4 Å². The van der Waals surface area contributed by atoms with Gasteiger partial charge in [0.15, 0.2) is 11.9 Å². The van der Waals surface area contributed by atoms with Crippen LogP contribution in [0.4, 0.5) is 5.69 Å². The Bertz CT molecular complexity index is 1760. The largest absolute Gasteiger partial charge is 0.504 e. The van der Waals surface area contributed by atoms with E-state index in [9.17, 15) is 31.5 Å². The first-order valence-corrected chi connectivity index (χ1v) is 16.7. The minimum atomic E-state index is -3.94. The second-order valence-corrected chi connectivity index (χ2v) is 14.0. The standard InChI is InChI=1S/C30H31N3O8S2/c1-2-19(17-32-42(37,38)23-10-4-3-5-11-23)29-28(35)27(34)26(30(36)41-29)25(20-13-14-20)21-8-6-9-22(16-21)33-43(39,40)24-12-7-15-31-18-24/h3-12,15-16,18-20,25,29,32-34H,2,13-14,17H2,1H3. The molecule has 1 fully saturated rings. The molecule has 1 saturated carbocycles. The monoisotopic (exact) mass is 625 g/mol. The van der Waals surface area contributed by atoms with Crippen molar-refractivity contribution in [1.29, 1.82) is 0 Å². The van der Waals surface area contributed by atoms with Crippen LogP contribution in [0.15, 0.2) is 100 Å². The third-order valence-electron chi connectivity index (χ3n) is 7.59. The molecule has 3 N–H and O–H groups in total. The van der Waals surface area contributed by atoms with E-state index < -0.39 is 55.5 Å². The summed E-state index contributed by atoms with van der Waals surface area (Å²) < 4.78 is 61.7. The van der Waals surface area contributed by atoms with Gasteiger partial charge in [-0.25, -0.2) is 26.4 Å². The van der Waals surface area contributed by atoms with Crippen molar-refractivity contribution in [1.82, 2.24) is 9.71 Å².